The van der Waals surface area contributed by atoms with Crippen molar-refractivity contribution in [3.05, 3.63) is 83.7 Å². The highest BCUT2D eigenvalue weighted by Gasteiger charge is 2.18. The van der Waals surface area contributed by atoms with Crippen LogP contribution in [0.3, 0.4) is 0 Å². The van der Waals surface area contributed by atoms with Gasteiger partial charge in [-0.25, -0.2) is 9.97 Å². The summed E-state index contributed by atoms with van der Waals surface area (Å²) in [6.45, 7) is 6.14. The van der Waals surface area contributed by atoms with Crippen LogP contribution in [-0.4, -0.2) is 34.1 Å². The molecule has 4 heterocycles. The maximum atomic E-state index is 4.70. The van der Waals surface area contributed by atoms with Gasteiger partial charge < -0.3 is 0 Å². The second-order valence-electron chi connectivity index (χ2n) is 7.40. The fraction of sp³-hybridized carbons (Fsp3) is 0.174. The number of para-hydroxylation sites is 1. The minimum atomic E-state index is 0.666. The maximum Gasteiger partial charge on any atom is 0.234 e. The predicted octanol–water partition coefficient (Wildman–Crippen LogP) is 4.59. The van der Waals surface area contributed by atoms with Gasteiger partial charge in [-0.15, -0.1) is 10.2 Å². The molecule has 0 spiro atoms. The molecule has 0 fully saturated rings. The van der Waals surface area contributed by atoms with E-state index >= 15 is 0 Å². The van der Waals surface area contributed by atoms with E-state index in [9.17, 15) is 0 Å². The molecule has 0 aliphatic rings. The van der Waals surface area contributed by atoms with E-state index in [2.05, 4.69) is 56.8 Å². The van der Waals surface area contributed by atoms with E-state index < -0.39 is 0 Å². The quantitative estimate of drug-likeness (QED) is 0.382. The van der Waals surface area contributed by atoms with Gasteiger partial charge in [-0.2, -0.15) is 0 Å². The molecule has 0 amide bonds. The van der Waals surface area contributed by atoms with Crippen molar-refractivity contribution >= 4 is 17.5 Å². The van der Waals surface area contributed by atoms with Crippen molar-refractivity contribution in [1.29, 1.82) is 0 Å². The normalized spacial score (nSPS) is 11.3. The SMILES string of the molecule is Cc1cc(C)n2cc(CSc3nnc(-c4cccnc4)n3-c3ccccc3C)nc2n1. The van der Waals surface area contributed by atoms with Crippen LogP contribution in [0.15, 0.2) is 66.2 Å². The average molecular weight is 428 g/mol. The Kier molecular flexibility index (Phi) is 4.99. The molecule has 5 rings (SSSR count). The van der Waals surface area contributed by atoms with Crippen LogP contribution in [0.25, 0.3) is 22.9 Å². The Bertz CT molecular complexity index is 1370. The van der Waals surface area contributed by atoms with Crippen molar-refractivity contribution in [1.82, 2.24) is 34.1 Å². The van der Waals surface area contributed by atoms with Gasteiger partial charge >= 0.3 is 0 Å². The summed E-state index contributed by atoms with van der Waals surface area (Å²) < 4.78 is 4.12. The fourth-order valence-corrected chi connectivity index (χ4v) is 4.43. The zero-order valence-corrected chi connectivity index (χ0v) is 18.3. The number of benzene rings is 1. The van der Waals surface area contributed by atoms with Gasteiger partial charge in [0.2, 0.25) is 5.78 Å². The molecule has 1 aromatic carbocycles. The molecular weight excluding hydrogens is 406 g/mol. The third-order valence-corrected chi connectivity index (χ3v) is 6.03. The number of fused-ring (bicyclic) bond motifs is 1. The molecule has 0 unspecified atom stereocenters. The molecule has 0 N–H and O–H groups in total. The Balaban J connectivity index is 1.53. The summed E-state index contributed by atoms with van der Waals surface area (Å²) in [5.41, 5.74) is 6.17. The molecule has 5 aromatic rings. The molecule has 0 saturated heterocycles. The van der Waals surface area contributed by atoms with E-state index in [0.29, 0.717) is 5.75 Å². The zero-order chi connectivity index (χ0) is 21.4. The van der Waals surface area contributed by atoms with Crippen LogP contribution < -0.4 is 0 Å². The Labute approximate surface area is 184 Å². The first-order chi connectivity index (χ1) is 15.1. The number of imidazole rings is 1. The standard InChI is InChI=1S/C23H21N7S/c1-15-7-4-5-9-20(15)30-21(18-8-6-10-24-12-18)27-28-23(30)31-14-19-13-29-17(3)11-16(2)25-22(29)26-19/h4-13H,14H2,1-3H3. The number of hydrogen-bond acceptors (Lipinski definition) is 6. The van der Waals surface area contributed by atoms with E-state index in [-0.39, 0.29) is 0 Å². The van der Waals surface area contributed by atoms with E-state index in [0.717, 1.165) is 50.7 Å². The molecule has 0 radical (unpaired) electrons. The van der Waals surface area contributed by atoms with Gasteiger partial charge in [-0.3, -0.25) is 14.0 Å². The van der Waals surface area contributed by atoms with Crippen molar-refractivity contribution < 1.29 is 0 Å². The van der Waals surface area contributed by atoms with E-state index in [1.54, 1.807) is 18.0 Å². The van der Waals surface area contributed by atoms with Gasteiger partial charge in [0.15, 0.2) is 11.0 Å². The molecule has 154 valence electrons. The second kappa shape index (κ2) is 7.96. The van der Waals surface area contributed by atoms with E-state index in [1.165, 1.54) is 0 Å². The minimum Gasteiger partial charge on any atom is -0.288 e. The Morgan fingerprint density at radius 2 is 1.84 bits per heavy atom. The van der Waals surface area contributed by atoms with Crippen molar-refractivity contribution in [2.75, 3.05) is 0 Å². The second-order valence-corrected chi connectivity index (χ2v) is 8.34. The highest BCUT2D eigenvalue weighted by Crippen LogP contribution is 2.30. The van der Waals surface area contributed by atoms with Crippen molar-refractivity contribution in [2.45, 2.75) is 31.7 Å². The van der Waals surface area contributed by atoms with Crippen LogP contribution in [0.5, 0.6) is 0 Å². The molecule has 8 heteroatoms. The average Bonchev–Trinajstić information content (AvgIpc) is 3.37. The van der Waals surface area contributed by atoms with Gasteiger partial charge in [0.25, 0.3) is 0 Å². The number of rotatable bonds is 5. The third kappa shape index (κ3) is 3.70. The van der Waals surface area contributed by atoms with Crippen LogP contribution in [0.2, 0.25) is 0 Å². The summed E-state index contributed by atoms with van der Waals surface area (Å²) in [6.07, 6.45) is 5.61. The molecule has 31 heavy (non-hydrogen) atoms. The van der Waals surface area contributed by atoms with Crippen LogP contribution >= 0.6 is 11.8 Å². The minimum absolute atomic E-state index is 0.666. The van der Waals surface area contributed by atoms with E-state index in [4.69, 9.17) is 4.98 Å². The lowest BCUT2D eigenvalue weighted by molar-refractivity contribution is 0.879. The van der Waals surface area contributed by atoms with Crippen molar-refractivity contribution in [3.8, 4) is 17.1 Å². The molecule has 4 aromatic heterocycles. The number of nitrogens with zero attached hydrogens (tertiary/aromatic N) is 7. The van der Waals surface area contributed by atoms with Crippen LogP contribution in [-0.2, 0) is 5.75 Å². The first-order valence-electron chi connectivity index (χ1n) is 9.97. The number of thioether (sulfide) groups is 1. The lowest BCUT2D eigenvalue weighted by Crippen LogP contribution is -2.02. The Morgan fingerprint density at radius 1 is 0.968 bits per heavy atom. The van der Waals surface area contributed by atoms with Crippen LogP contribution in [0, 0.1) is 20.8 Å². The number of aromatic nitrogens is 7. The first-order valence-corrected chi connectivity index (χ1v) is 11.0. The van der Waals surface area contributed by atoms with Gasteiger partial charge in [0.1, 0.15) is 0 Å². The topological polar surface area (TPSA) is 73.8 Å². The van der Waals surface area contributed by atoms with Gasteiger partial charge in [0, 0.05) is 41.3 Å². The van der Waals surface area contributed by atoms with Crippen molar-refractivity contribution in [2.24, 2.45) is 0 Å². The Hall–Kier alpha value is -3.52. The lowest BCUT2D eigenvalue weighted by Gasteiger charge is -2.12. The van der Waals surface area contributed by atoms with Crippen molar-refractivity contribution in [3.63, 3.8) is 0 Å². The molecular formula is C23H21N7S. The lowest BCUT2D eigenvalue weighted by atomic mass is 10.2. The first kappa shape index (κ1) is 19.4. The van der Waals surface area contributed by atoms with E-state index in [1.807, 2.05) is 48.0 Å². The molecule has 0 saturated carbocycles. The molecule has 7 nitrogen and oxygen atoms in total. The fourth-order valence-electron chi connectivity index (χ4n) is 3.60. The van der Waals surface area contributed by atoms with Gasteiger partial charge in [-0.1, -0.05) is 30.0 Å². The summed E-state index contributed by atoms with van der Waals surface area (Å²) in [5.74, 6) is 2.16. The van der Waals surface area contributed by atoms with Gasteiger partial charge in [-0.05, 0) is 50.6 Å². The largest absolute Gasteiger partial charge is 0.288 e. The monoisotopic (exact) mass is 427 g/mol. The molecule has 0 atom stereocenters. The highest BCUT2D eigenvalue weighted by molar-refractivity contribution is 7.98. The smallest absolute Gasteiger partial charge is 0.234 e. The number of hydrogen-bond donors (Lipinski definition) is 0. The molecule has 0 aliphatic carbocycles. The number of aryl methyl sites for hydroxylation is 3. The summed E-state index contributed by atoms with van der Waals surface area (Å²) in [7, 11) is 0. The predicted molar refractivity (Wildman–Crippen MR) is 121 cm³/mol. The third-order valence-electron chi connectivity index (χ3n) is 5.07. The maximum absolute atomic E-state index is 4.70. The summed E-state index contributed by atoms with van der Waals surface area (Å²) in [5, 5.41) is 9.82. The summed E-state index contributed by atoms with van der Waals surface area (Å²) in [6, 6.07) is 14.2. The highest BCUT2D eigenvalue weighted by atomic mass is 32.2. The molecule has 0 aliphatic heterocycles. The van der Waals surface area contributed by atoms with Gasteiger partial charge in [0.05, 0.1) is 11.4 Å². The summed E-state index contributed by atoms with van der Waals surface area (Å²) in [4.78, 5) is 13.5. The number of pyridine rings is 1. The Morgan fingerprint density at radius 3 is 2.65 bits per heavy atom. The van der Waals surface area contributed by atoms with Crippen LogP contribution in [0.4, 0.5) is 0 Å². The molecule has 0 bridgehead atoms. The van der Waals surface area contributed by atoms with Crippen LogP contribution in [0.1, 0.15) is 22.6 Å². The summed E-state index contributed by atoms with van der Waals surface area (Å²) >= 11 is 1.61. The zero-order valence-electron chi connectivity index (χ0n) is 17.5.